The van der Waals surface area contributed by atoms with Crippen LogP contribution in [0.1, 0.15) is 43.5 Å². The van der Waals surface area contributed by atoms with Crippen LogP contribution in [-0.4, -0.2) is 62.8 Å². The van der Waals surface area contributed by atoms with E-state index in [1.807, 2.05) is 0 Å². The highest BCUT2D eigenvalue weighted by molar-refractivity contribution is 7.89. The van der Waals surface area contributed by atoms with Gasteiger partial charge in [0.2, 0.25) is 15.9 Å². The smallest absolute Gasteiger partial charge is 0.338 e. The Hall–Kier alpha value is -2.46. The molecule has 0 saturated carbocycles. The molecule has 0 bridgehead atoms. The third-order valence-corrected chi connectivity index (χ3v) is 6.19. The van der Waals surface area contributed by atoms with Gasteiger partial charge in [-0.25, -0.2) is 13.2 Å². The van der Waals surface area contributed by atoms with E-state index in [1.54, 1.807) is 13.8 Å². The van der Waals surface area contributed by atoms with E-state index in [1.165, 1.54) is 28.6 Å². The molecule has 160 valence electrons. The van der Waals surface area contributed by atoms with Crippen LogP contribution in [-0.2, 0) is 24.3 Å². The second-order valence-electron chi connectivity index (χ2n) is 7.06. The summed E-state index contributed by atoms with van der Waals surface area (Å²) in [6, 6.07) is 5.38. The molecule has 2 amide bonds. The Morgan fingerprint density at radius 3 is 2.24 bits per heavy atom. The zero-order valence-electron chi connectivity index (χ0n) is 16.6. The van der Waals surface area contributed by atoms with Crippen LogP contribution in [0.25, 0.3) is 0 Å². The van der Waals surface area contributed by atoms with Crippen molar-refractivity contribution in [3.63, 3.8) is 0 Å². The van der Waals surface area contributed by atoms with Gasteiger partial charge >= 0.3 is 5.97 Å². The fourth-order valence-electron chi connectivity index (χ4n) is 2.83. The molecule has 0 aromatic heterocycles. The van der Waals surface area contributed by atoms with Crippen LogP contribution < -0.4 is 10.6 Å². The number of rotatable bonds is 8. The lowest BCUT2D eigenvalue weighted by Gasteiger charge is -2.25. The summed E-state index contributed by atoms with van der Waals surface area (Å²) >= 11 is 0. The molecule has 0 aliphatic carbocycles. The summed E-state index contributed by atoms with van der Waals surface area (Å²) in [7, 11) is -3.58. The van der Waals surface area contributed by atoms with Gasteiger partial charge in [0.05, 0.1) is 17.0 Å². The van der Waals surface area contributed by atoms with Crippen molar-refractivity contribution in [3.05, 3.63) is 29.8 Å². The SMILES string of the molecule is CC(C)NC(=O)CNC(=O)COC(=O)c1ccc(S(=O)(=O)N2CCCCC2)cc1. The third kappa shape index (κ3) is 6.82. The zero-order valence-corrected chi connectivity index (χ0v) is 17.5. The first-order valence-corrected chi connectivity index (χ1v) is 11.0. The molecule has 1 aliphatic heterocycles. The molecule has 1 heterocycles. The van der Waals surface area contributed by atoms with E-state index in [4.69, 9.17) is 4.74 Å². The molecule has 1 aromatic rings. The lowest BCUT2D eigenvalue weighted by molar-refractivity contribution is -0.128. The fraction of sp³-hybridized carbons (Fsp3) is 0.526. The van der Waals surface area contributed by atoms with E-state index < -0.39 is 28.5 Å². The summed E-state index contributed by atoms with van der Waals surface area (Å²) in [6.07, 6.45) is 2.70. The van der Waals surface area contributed by atoms with Crippen molar-refractivity contribution in [1.29, 1.82) is 0 Å². The number of amides is 2. The molecule has 0 radical (unpaired) electrons. The average Bonchev–Trinajstić information content (AvgIpc) is 2.70. The van der Waals surface area contributed by atoms with Crippen molar-refractivity contribution < 1.29 is 27.5 Å². The Morgan fingerprint density at radius 2 is 1.66 bits per heavy atom. The van der Waals surface area contributed by atoms with Crippen LogP contribution in [0.2, 0.25) is 0 Å². The summed E-state index contributed by atoms with van der Waals surface area (Å²) in [6.45, 7) is 3.83. The predicted octanol–water partition coefficient (Wildman–Crippen LogP) is 0.659. The molecule has 2 rings (SSSR count). The van der Waals surface area contributed by atoms with Gasteiger partial charge < -0.3 is 15.4 Å². The average molecular weight is 426 g/mol. The van der Waals surface area contributed by atoms with Crippen LogP contribution in [0.4, 0.5) is 0 Å². The first kappa shape index (κ1) is 22.8. The second kappa shape index (κ2) is 10.4. The normalized spacial score (nSPS) is 15.0. The van der Waals surface area contributed by atoms with Crippen molar-refractivity contribution in [2.75, 3.05) is 26.2 Å². The van der Waals surface area contributed by atoms with Gasteiger partial charge in [0.1, 0.15) is 0 Å². The van der Waals surface area contributed by atoms with E-state index in [0.29, 0.717) is 13.1 Å². The molecular weight excluding hydrogens is 398 g/mol. The number of nitrogens with zero attached hydrogens (tertiary/aromatic N) is 1. The Morgan fingerprint density at radius 1 is 1.03 bits per heavy atom. The molecule has 9 nitrogen and oxygen atoms in total. The van der Waals surface area contributed by atoms with Gasteiger partial charge in [0.15, 0.2) is 6.61 Å². The van der Waals surface area contributed by atoms with E-state index in [0.717, 1.165) is 19.3 Å². The van der Waals surface area contributed by atoms with Gasteiger partial charge in [-0.2, -0.15) is 4.31 Å². The molecule has 2 N–H and O–H groups in total. The first-order chi connectivity index (χ1) is 13.7. The highest BCUT2D eigenvalue weighted by Gasteiger charge is 2.26. The van der Waals surface area contributed by atoms with E-state index in [-0.39, 0.29) is 29.0 Å². The van der Waals surface area contributed by atoms with Crippen LogP contribution in [0.3, 0.4) is 0 Å². The minimum atomic E-state index is -3.58. The van der Waals surface area contributed by atoms with E-state index in [9.17, 15) is 22.8 Å². The first-order valence-electron chi connectivity index (χ1n) is 9.53. The van der Waals surface area contributed by atoms with Crippen molar-refractivity contribution in [1.82, 2.24) is 14.9 Å². The zero-order chi connectivity index (χ0) is 21.4. The quantitative estimate of drug-likeness (QED) is 0.590. The number of esters is 1. The van der Waals surface area contributed by atoms with Crippen molar-refractivity contribution in [2.45, 2.75) is 44.0 Å². The molecule has 1 saturated heterocycles. The highest BCUT2D eigenvalue weighted by Crippen LogP contribution is 2.21. The molecule has 0 unspecified atom stereocenters. The Kier molecular flexibility index (Phi) is 8.15. The van der Waals surface area contributed by atoms with Crippen LogP contribution in [0.5, 0.6) is 0 Å². The minimum absolute atomic E-state index is 0.0427. The van der Waals surface area contributed by atoms with Crippen LogP contribution in [0, 0.1) is 0 Å². The number of hydrogen-bond donors (Lipinski definition) is 2. The van der Waals surface area contributed by atoms with Crippen molar-refractivity contribution in [3.8, 4) is 0 Å². The van der Waals surface area contributed by atoms with Gasteiger partial charge in [-0.05, 0) is 51.0 Å². The maximum absolute atomic E-state index is 12.6. The molecule has 1 aromatic carbocycles. The van der Waals surface area contributed by atoms with Gasteiger partial charge in [-0.1, -0.05) is 6.42 Å². The molecule has 10 heteroatoms. The monoisotopic (exact) mass is 425 g/mol. The van der Waals surface area contributed by atoms with Gasteiger partial charge in [0, 0.05) is 19.1 Å². The van der Waals surface area contributed by atoms with Gasteiger partial charge in [-0.3, -0.25) is 9.59 Å². The van der Waals surface area contributed by atoms with Crippen LogP contribution in [0.15, 0.2) is 29.2 Å². The summed E-state index contributed by atoms with van der Waals surface area (Å²) < 4.78 is 31.6. The largest absolute Gasteiger partial charge is 0.452 e. The molecule has 0 spiro atoms. The number of carbonyl (C=O) groups excluding carboxylic acids is 3. The predicted molar refractivity (Wildman–Crippen MR) is 106 cm³/mol. The van der Waals surface area contributed by atoms with Gasteiger partial charge in [0.25, 0.3) is 5.91 Å². The van der Waals surface area contributed by atoms with Crippen molar-refractivity contribution in [2.24, 2.45) is 0 Å². The number of hydrogen-bond acceptors (Lipinski definition) is 6. The van der Waals surface area contributed by atoms with Crippen LogP contribution >= 0.6 is 0 Å². The molecule has 1 fully saturated rings. The lowest BCUT2D eigenvalue weighted by atomic mass is 10.2. The lowest BCUT2D eigenvalue weighted by Crippen LogP contribution is -2.41. The number of ether oxygens (including phenoxy) is 1. The number of piperidine rings is 1. The maximum Gasteiger partial charge on any atom is 0.338 e. The fourth-order valence-corrected chi connectivity index (χ4v) is 4.35. The van der Waals surface area contributed by atoms with Crippen molar-refractivity contribution >= 4 is 27.8 Å². The Balaban J connectivity index is 1.85. The Bertz CT molecular complexity index is 830. The molecular formula is C19H27N3O6S. The molecule has 0 atom stereocenters. The van der Waals surface area contributed by atoms with Gasteiger partial charge in [-0.15, -0.1) is 0 Å². The molecule has 1 aliphatic rings. The standard InChI is InChI=1S/C19H27N3O6S/c1-14(2)21-17(23)12-20-18(24)13-28-19(25)15-6-8-16(9-7-15)29(26,27)22-10-4-3-5-11-22/h6-9,14H,3-5,10-13H2,1-2H3,(H,20,24)(H,21,23). The minimum Gasteiger partial charge on any atom is -0.452 e. The summed E-state index contributed by atoms with van der Waals surface area (Å²) in [5, 5.41) is 4.96. The maximum atomic E-state index is 12.6. The summed E-state index contributed by atoms with van der Waals surface area (Å²) in [5.41, 5.74) is 0.132. The van der Waals surface area contributed by atoms with E-state index in [2.05, 4.69) is 10.6 Å². The summed E-state index contributed by atoms with van der Waals surface area (Å²) in [4.78, 5) is 35.3. The van der Waals surface area contributed by atoms with E-state index >= 15 is 0 Å². The summed E-state index contributed by atoms with van der Waals surface area (Å²) in [5.74, 6) is -1.71. The molecule has 29 heavy (non-hydrogen) atoms. The Labute approximate surface area is 170 Å². The second-order valence-corrected chi connectivity index (χ2v) is 9.00. The number of benzene rings is 1. The highest BCUT2D eigenvalue weighted by atomic mass is 32.2. The number of carbonyl (C=O) groups is 3. The third-order valence-electron chi connectivity index (χ3n) is 4.27. The number of sulfonamides is 1. The topological polar surface area (TPSA) is 122 Å². The number of nitrogens with one attached hydrogen (secondary N) is 2.